The van der Waals surface area contributed by atoms with E-state index in [9.17, 15) is 0 Å². The maximum atomic E-state index is 5.45. The van der Waals surface area contributed by atoms with Gasteiger partial charge in [-0.1, -0.05) is 30.3 Å². The second-order valence-electron chi connectivity index (χ2n) is 4.34. The van der Waals surface area contributed by atoms with Gasteiger partial charge in [-0.2, -0.15) is 29.9 Å². The summed E-state index contributed by atoms with van der Waals surface area (Å²) in [6.07, 6.45) is 0. The first-order valence-corrected chi connectivity index (χ1v) is 6.50. The molecule has 23 heavy (non-hydrogen) atoms. The van der Waals surface area contributed by atoms with Crippen LogP contribution in [0.1, 0.15) is 5.82 Å². The van der Waals surface area contributed by atoms with E-state index >= 15 is 0 Å². The first-order chi connectivity index (χ1) is 10.9. The highest BCUT2D eigenvalue weighted by atomic mass is 15.1. The zero-order valence-corrected chi connectivity index (χ0v) is 12.4. The van der Waals surface area contributed by atoms with E-state index in [0.29, 0.717) is 11.6 Å². The highest BCUT2D eigenvalue weighted by molar-refractivity contribution is 5.56. The molecule has 2 aromatic heterocycles. The number of aryl methyl sites for hydroxylation is 1. The van der Waals surface area contributed by atoms with Crippen molar-refractivity contribution >= 4 is 23.8 Å². The molecule has 2 heterocycles. The van der Waals surface area contributed by atoms with Crippen LogP contribution in [0.3, 0.4) is 0 Å². The van der Waals surface area contributed by atoms with Crippen LogP contribution < -0.4 is 22.9 Å². The van der Waals surface area contributed by atoms with Crippen LogP contribution in [-0.4, -0.2) is 29.9 Å². The molecule has 1 aromatic carbocycles. The number of aromatic nitrogens is 6. The molecule has 0 spiro atoms. The third-order valence-corrected chi connectivity index (χ3v) is 2.48. The van der Waals surface area contributed by atoms with E-state index in [-0.39, 0.29) is 23.8 Å². The van der Waals surface area contributed by atoms with Gasteiger partial charge >= 0.3 is 0 Å². The fraction of sp³-hybridized carbons (Fsp3) is 0.0769. The van der Waals surface area contributed by atoms with Crippen LogP contribution >= 0.6 is 0 Å². The third-order valence-electron chi connectivity index (χ3n) is 2.48. The standard InChI is InChI=1S/C9H9N5.C4H7N5/c10-8-12-7(13-9(11)14-8)6-4-2-1-3-5-6;1-2-7-3(5)9-4(6)8-2/h1-5H,(H4,10,11,12,13,14);1H3,(H4,5,6,7,8,9). The minimum Gasteiger partial charge on any atom is -0.368 e. The fourth-order valence-corrected chi connectivity index (χ4v) is 1.65. The van der Waals surface area contributed by atoms with Crippen LogP contribution in [0.2, 0.25) is 0 Å². The molecule has 0 saturated heterocycles. The summed E-state index contributed by atoms with van der Waals surface area (Å²) in [6, 6.07) is 9.47. The summed E-state index contributed by atoms with van der Waals surface area (Å²) in [5.41, 5.74) is 22.2. The summed E-state index contributed by atoms with van der Waals surface area (Å²) < 4.78 is 0. The number of benzene rings is 1. The number of hydrogen-bond acceptors (Lipinski definition) is 10. The van der Waals surface area contributed by atoms with Crippen LogP contribution in [0.15, 0.2) is 30.3 Å². The Kier molecular flexibility index (Phi) is 4.77. The van der Waals surface area contributed by atoms with E-state index in [4.69, 9.17) is 22.9 Å². The minimum absolute atomic E-state index is 0.136. The van der Waals surface area contributed by atoms with Gasteiger partial charge in [0.05, 0.1) is 0 Å². The van der Waals surface area contributed by atoms with Crippen LogP contribution in [0.4, 0.5) is 23.8 Å². The molecular weight excluding hydrogens is 296 g/mol. The molecule has 0 aliphatic carbocycles. The lowest BCUT2D eigenvalue weighted by Gasteiger charge is -2.00. The van der Waals surface area contributed by atoms with E-state index in [1.165, 1.54) is 0 Å². The van der Waals surface area contributed by atoms with Gasteiger partial charge in [0.15, 0.2) is 5.82 Å². The lowest BCUT2D eigenvalue weighted by atomic mass is 10.2. The minimum atomic E-state index is 0.136. The first kappa shape index (κ1) is 15.8. The summed E-state index contributed by atoms with van der Waals surface area (Å²) >= 11 is 0. The number of nitrogen functional groups attached to an aromatic ring is 4. The van der Waals surface area contributed by atoms with Gasteiger partial charge in [0, 0.05) is 5.56 Å². The first-order valence-electron chi connectivity index (χ1n) is 6.50. The number of hydrogen-bond donors (Lipinski definition) is 4. The van der Waals surface area contributed by atoms with Gasteiger partial charge in [-0.3, -0.25) is 0 Å². The van der Waals surface area contributed by atoms with Crippen molar-refractivity contribution in [1.29, 1.82) is 0 Å². The largest absolute Gasteiger partial charge is 0.368 e. The van der Waals surface area contributed by atoms with Crippen molar-refractivity contribution < 1.29 is 0 Å². The molecule has 8 N–H and O–H groups in total. The smallest absolute Gasteiger partial charge is 0.225 e. The normalized spacial score (nSPS) is 9.78. The van der Waals surface area contributed by atoms with Gasteiger partial charge in [-0.25, -0.2) is 0 Å². The van der Waals surface area contributed by atoms with Crippen molar-refractivity contribution in [2.75, 3.05) is 22.9 Å². The molecule has 0 unspecified atom stereocenters. The monoisotopic (exact) mass is 312 g/mol. The number of anilines is 4. The second kappa shape index (κ2) is 6.93. The van der Waals surface area contributed by atoms with E-state index in [1.54, 1.807) is 6.92 Å². The molecule has 10 nitrogen and oxygen atoms in total. The molecule has 0 radical (unpaired) electrons. The molecule has 0 aliphatic rings. The number of rotatable bonds is 1. The maximum absolute atomic E-state index is 5.45. The molecule has 0 fully saturated rings. The quantitative estimate of drug-likeness (QED) is 0.479. The highest BCUT2D eigenvalue weighted by Gasteiger charge is 2.03. The van der Waals surface area contributed by atoms with Crippen molar-refractivity contribution in [1.82, 2.24) is 29.9 Å². The molecule has 3 rings (SSSR count). The average Bonchev–Trinajstić information content (AvgIpc) is 2.46. The van der Waals surface area contributed by atoms with Crippen LogP contribution in [-0.2, 0) is 0 Å². The van der Waals surface area contributed by atoms with Gasteiger partial charge in [0.1, 0.15) is 5.82 Å². The molecule has 118 valence electrons. The van der Waals surface area contributed by atoms with Crippen LogP contribution in [0.25, 0.3) is 11.4 Å². The Morgan fingerprint density at radius 3 is 1.48 bits per heavy atom. The van der Waals surface area contributed by atoms with E-state index < -0.39 is 0 Å². The summed E-state index contributed by atoms with van der Waals surface area (Å²) in [5.74, 6) is 1.64. The fourth-order valence-electron chi connectivity index (χ4n) is 1.65. The third kappa shape index (κ3) is 4.74. The molecule has 3 aromatic rings. The Morgan fingerprint density at radius 1 is 0.609 bits per heavy atom. The van der Waals surface area contributed by atoms with Crippen molar-refractivity contribution in [3.63, 3.8) is 0 Å². The number of nitrogens with two attached hydrogens (primary N) is 4. The van der Waals surface area contributed by atoms with Gasteiger partial charge in [0.2, 0.25) is 23.8 Å². The lowest BCUT2D eigenvalue weighted by molar-refractivity contribution is 1.00. The zero-order valence-electron chi connectivity index (χ0n) is 12.4. The van der Waals surface area contributed by atoms with E-state index in [1.807, 2.05) is 30.3 Å². The molecular formula is C13H16N10. The molecule has 0 amide bonds. The molecule has 10 heteroatoms. The Balaban J connectivity index is 0.000000185. The van der Waals surface area contributed by atoms with E-state index in [0.717, 1.165) is 5.56 Å². The van der Waals surface area contributed by atoms with Crippen molar-refractivity contribution in [2.24, 2.45) is 0 Å². The SMILES string of the molecule is Cc1nc(N)nc(N)n1.Nc1nc(N)nc(-c2ccccc2)n1. The zero-order chi connectivity index (χ0) is 16.8. The number of nitrogens with zero attached hydrogens (tertiary/aromatic N) is 6. The average molecular weight is 312 g/mol. The van der Waals surface area contributed by atoms with Gasteiger partial charge in [-0.05, 0) is 6.92 Å². The van der Waals surface area contributed by atoms with Crippen molar-refractivity contribution in [3.8, 4) is 11.4 Å². The van der Waals surface area contributed by atoms with Crippen LogP contribution in [0, 0.1) is 6.92 Å². The van der Waals surface area contributed by atoms with Gasteiger partial charge in [-0.15, -0.1) is 0 Å². The second-order valence-corrected chi connectivity index (χ2v) is 4.34. The lowest BCUT2D eigenvalue weighted by Crippen LogP contribution is -2.04. The Hall–Kier alpha value is -3.56. The predicted molar refractivity (Wildman–Crippen MR) is 87.5 cm³/mol. The Bertz CT molecular complexity index is 719. The molecule has 0 aliphatic heterocycles. The topological polar surface area (TPSA) is 181 Å². The maximum Gasteiger partial charge on any atom is 0.225 e. The van der Waals surface area contributed by atoms with Crippen molar-refractivity contribution in [2.45, 2.75) is 6.92 Å². The molecule has 0 saturated carbocycles. The summed E-state index contributed by atoms with van der Waals surface area (Å²) in [7, 11) is 0. The highest BCUT2D eigenvalue weighted by Crippen LogP contribution is 2.14. The Labute approximate surface area is 132 Å². The summed E-state index contributed by atoms with van der Waals surface area (Å²) in [4.78, 5) is 22.6. The summed E-state index contributed by atoms with van der Waals surface area (Å²) in [6.45, 7) is 1.70. The Morgan fingerprint density at radius 2 is 1.04 bits per heavy atom. The van der Waals surface area contributed by atoms with E-state index in [2.05, 4.69) is 29.9 Å². The van der Waals surface area contributed by atoms with Crippen LogP contribution in [0.5, 0.6) is 0 Å². The predicted octanol–water partition coefficient (Wildman–Crippen LogP) is 0.0474. The molecule has 0 atom stereocenters. The summed E-state index contributed by atoms with van der Waals surface area (Å²) in [5, 5.41) is 0. The molecule has 0 bridgehead atoms. The van der Waals surface area contributed by atoms with Gasteiger partial charge < -0.3 is 22.9 Å². The van der Waals surface area contributed by atoms with Crippen molar-refractivity contribution in [3.05, 3.63) is 36.2 Å². The van der Waals surface area contributed by atoms with Gasteiger partial charge in [0.25, 0.3) is 0 Å².